The molecule has 0 saturated carbocycles. The fraction of sp³-hybridized carbons (Fsp3) is 0.370. The molecule has 0 radical (unpaired) electrons. The van der Waals surface area contributed by atoms with E-state index < -0.39 is 24.6 Å². The van der Waals surface area contributed by atoms with Gasteiger partial charge in [0.15, 0.2) is 14.3 Å². The van der Waals surface area contributed by atoms with E-state index in [9.17, 15) is 9.13 Å². The van der Waals surface area contributed by atoms with Gasteiger partial charge < -0.3 is 18.6 Å². The van der Waals surface area contributed by atoms with Crippen LogP contribution in [0.15, 0.2) is 66.7 Å². The summed E-state index contributed by atoms with van der Waals surface area (Å²) in [4.78, 5) is 4.92. The normalized spacial score (nSPS) is 15.8. The molecule has 34 heavy (non-hydrogen) atoms. The summed E-state index contributed by atoms with van der Waals surface area (Å²) < 4.78 is 41.1. The van der Waals surface area contributed by atoms with Gasteiger partial charge in [-0.05, 0) is 36.4 Å². The lowest BCUT2D eigenvalue weighted by Crippen LogP contribution is -2.38. The maximum absolute atomic E-state index is 14.9. The number of para-hydroxylation sites is 2. The van der Waals surface area contributed by atoms with Crippen molar-refractivity contribution < 1.29 is 18.6 Å². The Morgan fingerprint density at radius 1 is 0.588 bits per heavy atom. The van der Waals surface area contributed by atoms with Crippen LogP contribution in [0, 0.1) is 0 Å². The Morgan fingerprint density at radius 2 is 0.941 bits per heavy atom. The number of methoxy groups -OCH3 is 2. The molecule has 2 aromatic carbocycles. The lowest BCUT2D eigenvalue weighted by Gasteiger charge is -2.35. The van der Waals surface area contributed by atoms with E-state index in [1.54, 1.807) is 32.4 Å². The van der Waals surface area contributed by atoms with Crippen LogP contribution in [0.4, 0.5) is 0 Å². The second kappa shape index (κ2) is 9.36. The largest absolute Gasteiger partial charge is 0.496 e. The fourth-order valence-corrected chi connectivity index (χ4v) is 10.2. The first-order valence-electron chi connectivity index (χ1n) is 11.3. The minimum absolute atomic E-state index is 0.418. The lowest BCUT2D eigenvalue weighted by molar-refractivity contribution is 0.417. The molecule has 0 bridgehead atoms. The molecule has 0 amide bonds. The average Bonchev–Trinajstić information content (AvgIpc) is 2.81. The van der Waals surface area contributed by atoms with Crippen LogP contribution in [0.2, 0.25) is 0 Å². The third-order valence-electron chi connectivity index (χ3n) is 6.10. The molecule has 0 aliphatic rings. The third kappa shape index (κ3) is 4.25. The molecule has 0 fully saturated rings. The summed E-state index contributed by atoms with van der Waals surface area (Å²) in [5.41, 5.74) is 0.836. The van der Waals surface area contributed by atoms with Crippen molar-refractivity contribution in [1.82, 2.24) is 4.98 Å². The predicted molar refractivity (Wildman–Crippen MR) is 143 cm³/mol. The Hall–Kier alpha value is -2.35. The van der Waals surface area contributed by atoms with Crippen LogP contribution in [0.5, 0.6) is 11.5 Å². The Kier molecular flexibility index (Phi) is 7.23. The van der Waals surface area contributed by atoms with Gasteiger partial charge in [0.05, 0.1) is 24.8 Å². The van der Waals surface area contributed by atoms with E-state index in [-0.39, 0.29) is 0 Å². The van der Waals surface area contributed by atoms with Crippen molar-refractivity contribution >= 4 is 35.8 Å². The van der Waals surface area contributed by atoms with E-state index in [1.165, 1.54) is 0 Å². The van der Waals surface area contributed by atoms with Crippen molar-refractivity contribution in [2.24, 2.45) is 0 Å². The number of benzene rings is 2. The van der Waals surface area contributed by atoms with Gasteiger partial charge in [-0.2, -0.15) is 0 Å². The number of pyridine rings is 1. The second-order valence-electron chi connectivity index (χ2n) is 10.3. The Bertz CT molecular complexity index is 1180. The maximum Gasteiger partial charge on any atom is 0.169 e. The number of rotatable bonds is 6. The first kappa shape index (κ1) is 26.3. The minimum Gasteiger partial charge on any atom is -0.496 e. The number of ether oxygens (including phenoxy) is 2. The van der Waals surface area contributed by atoms with Crippen molar-refractivity contribution in [3.8, 4) is 11.5 Å². The van der Waals surface area contributed by atoms with Crippen LogP contribution in [0.3, 0.4) is 0 Å². The van der Waals surface area contributed by atoms with Crippen molar-refractivity contribution in [2.45, 2.75) is 51.9 Å². The quantitative estimate of drug-likeness (QED) is 0.430. The molecule has 1 heterocycles. The van der Waals surface area contributed by atoms with Crippen LogP contribution in [0.25, 0.3) is 0 Å². The standard InChI is InChI=1S/C27H35NO4P2/c1-26(2,3)33(29,22-16-11-9-14-20(22)31-7)24-18-13-19-25(28-24)34(30,27(4,5)6)23-17-12-10-15-21(23)32-8/h9-19H,1-8H3. The molecule has 2 atom stereocenters. The Morgan fingerprint density at radius 3 is 1.26 bits per heavy atom. The van der Waals surface area contributed by atoms with Gasteiger partial charge in [-0.1, -0.05) is 71.9 Å². The molecule has 0 spiro atoms. The van der Waals surface area contributed by atoms with E-state index in [4.69, 9.17) is 14.5 Å². The monoisotopic (exact) mass is 499 g/mol. The van der Waals surface area contributed by atoms with Crippen molar-refractivity contribution in [1.29, 1.82) is 0 Å². The zero-order chi connectivity index (χ0) is 25.4. The summed E-state index contributed by atoms with van der Waals surface area (Å²) in [6.07, 6.45) is 0. The molecule has 0 N–H and O–H groups in total. The molecule has 182 valence electrons. The highest BCUT2D eigenvalue weighted by molar-refractivity contribution is 7.81. The lowest BCUT2D eigenvalue weighted by atomic mass is 10.3. The summed E-state index contributed by atoms with van der Waals surface area (Å²) in [7, 11) is -3.47. The minimum atomic E-state index is -3.31. The van der Waals surface area contributed by atoms with Crippen LogP contribution >= 0.6 is 14.3 Å². The van der Waals surface area contributed by atoms with Gasteiger partial charge in [0.25, 0.3) is 0 Å². The van der Waals surface area contributed by atoms with E-state index in [1.807, 2.05) is 90.1 Å². The van der Waals surface area contributed by atoms with Crippen LogP contribution in [0.1, 0.15) is 41.5 Å². The molecule has 2 unspecified atom stereocenters. The van der Waals surface area contributed by atoms with Gasteiger partial charge in [0.1, 0.15) is 22.4 Å². The van der Waals surface area contributed by atoms with Gasteiger partial charge in [0.2, 0.25) is 0 Å². The predicted octanol–water partition coefficient (Wildman–Crippen LogP) is 5.32. The molecule has 0 saturated heterocycles. The summed E-state index contributed by atoms with van der Waals surface area (Å²) in [6.45, 7) is 11.7. The zero-order valence-electron chi connectivity index (χ0n) is 21.3. The Balaban J connectivity index is 2.37. The molecular weight excluding hydrogens is 464 g/mol. The Labute approximate surface area is 203 Å². The number of aromatic nitrogens is 1. The SMILES string of the molecule is COc1ccccc1P(=O)(c1cccc(P(=O)(c2ccccc2OC)C(C)(C)C)n1)C(C)(C)C. The van der Waals surface area contributed by atoms with Gasteiger partial charge in [-0.25, -0.2) is 4.98 Å². The number of hydrogen-bond donors (Lipinski definition) is 0. The molecule has 3 rings (SSSR count). The first-order valence-corrected chi connectivity index (χ1v) is 14.7. The van der Waals surface area contributed by atoms with Gasteiger partial charge >= 0.3 is 0 Å². The highest BCUT2D eigenvalue weighted by Gasteiger charge is 2.46. The summed E-state index contributed by atoms with van der Waals surface area (Å²) in [5, 5.41) is -0.0811. The molecular formula is C27H35NO4P2. The van der Waals surface area contributed by atoms with Crippen LogP contribution in [-0.2, 0) is 9.13 Å². The smallest absolute Gasteiger partial charge is 0.169 e. The highest BCUT2D eigenvalue weighted by Crippen LogP contribution is 2.59. The topological polar surface area (TPSA) is 65.5 Å². The van der Waals surface area contributed by atoms with E-state index >= 15 is 0 Å². The summed E-state index contributed by atoms with van der Waals surface area (Å²) in [5.74, 6) is 1.10. The molecule has 7 heteroatoms. The number of nitrogens with zero attached hydrogens (tertiary/aromatic N) is 1. The zero-order valence-corrected chi connectivity index (χ0v) is 23.1. The van der Waals surface area contributed by atoms with E-state index in [2.05, 4.69) is 0 Å². The summed E-state index contributed by atoms with van der Waals surface area (Å²) >= 11 is 0. The summed E-state index contributed by atoms with van der Waals surface area (Å²) in [6, 6.07) is 20.1. The molecule has 3 aromatic rings. The third-order valence-corrected chi connectivity index (χ3v) is 13.8. The van der Waals surface area contributed by atoms with Crippen LogP contribution in [-0.4, -0.2) is 29.5 Å². The fourth-order valence-electron chi connectivity index (χ4n) is 4.20. The van der Waals surface area contributed by atoms with E-state index in [0.29, 0.717) is 33.0 Å². The van der Waals surface area contributed by atoms with Gasteiger partial charge in [-0.3, -0.25) is 0 Å². The van der Waals surface area contributed by atoms with Crippen molar-refractivity contribution in [3.63, 3.8) is 0 Å². The second-order valence-corrected chi connectivity index (χ2v) is 17.3. The first-order chi connectivity index (χ1) is 15.8. The van der Waals surface area contributed by atoms with E-state index in [0.717, 1.165) is 0 Å². The molecule has 5 nitrogen and oxygen atoms in total. The van der Waals surface area contributed by atoms with Crippen LogP contribution < -0.4 is 31.0 Å². The molecule has 0 aliphatic heterocycles. The maximum atomic E-state index is 14.9. The van der Waals surface area contributed by atoms with Gasteiger partial charge in [0, 0.05) is 10.3 Å². The average molecular weight is 500 g/mol. The van der Waals surface area contributed by atoms with Gasteiger partial charge in [-0.15, -0.1) is 0 Å². The molecule has 0 aliphatic carbocycles. The number of hydrogen-bond acceptors (Lipinski definition) is 5. The highest BCUT2D eigenvalue weighted by atomic mass is 31.2. The van der Waals surface area contributed by atoms with Crippen molar-refractivity contribution in [3.05, 3.63) is 66.7 Å². The molecule has 1 aromatic heterocycles. The van der Waals surface area contributed by atoms with Crippen molar-refractivity contribution in [2.75, 3.05) is 14.2 Å².